The fraction of sp³-hybridized carbons (Fsp3) is 0.286. The zero-order valence-corrected chi connectivity index (χ0v) is 11.8. The Labute approximate surface area is 116 Å². The predicted octanol–water partition coefficient (Wildman–Crippen LogP) is 2.58. The van der Waals surface area contributed by atoms with Gasteiger partial charge in [-0.05, 0) is 26.1 Å². The average Bonchev–Trinajstić information content (AvgIpc) is 2.77. The Hall–Kier alpha value is -1.72. The number of aromatic carboxylic acids is 1. The van der Waals surface area contributed by atoms with Crippen LogP contribution in [-0.4, -0.2) is 29.7 Å². The molecule has 5 heteroatoms. The van der Waals surface area contributed by atoms with Crippen molar-refractivity contribution in [2.45, 2.75) is 13.3 Å². The van der Waals surface area contributed by atoms with Crippen molar-refractivity contribution in [1.29, 1.82) is 0 Å². The summed E-state index contributed by atoms with van der Waals surface area (Å²) in [6, 6.07) is 6.86. The second-order valence-electron chi connectivity index (χ2n) is 4.25. The SMILES string of the molecule is CNCCc1nc(-c2ccc(C(=O)O)cc2)c(C)s1. The van der Waals surface area contributed by atoms with Crippen molar-refractivity contribution in [3.8, 4) is 11.3 Å². The van der Waals surface area contributed by atoms with Gasteiger partial charge in [0.25, 0.3) is 0 Å². The van der Waals surface area contributed by atoms with Gasteiger partial charge in [-0.25, -0.2) is 9.78 Å². The van der Waals surface area contributed by atoms with Gasteiger partial charge in [0.05, 0.1) is 16.3 Å². The molecule has 0 aliphatic rings. The van der Waals surface area contributed by atoms with Crippen molar-refractivity contribution in [1.82, 2.24) is 10.3 Å². The smallest absolute Gasteiger partial charge is 0.335 e. The lowest BCUT2D eigenvalue weighted by atomic mass is 10.1. The number of aryl methyl sites for hydroxylation is 1. The summed E-state index contributed by atoms with van der Waals surface area (Å²) in [6.07, 6.45) is 0.912. The standard InChI is InChI=1S/C14H16N2O2S/c1-9-13(16-12(19-9)7-8-15-2)10-3-5-11(6-4-10)14(17)18/h3-6,15H,7-8H2,1-2H3,(H,17,18). The van der Waals surface area contributed by atoms with Crippen LogP contribution in [0.3, 0.4) is 0 Å². The summed E-state index contributed by atoms with van der Waals surface area (Å²) >= 11 is 1.69. The van der Waals surface area contributed by atoms with Crippen molar-refractivity contribution in [3.63, 3.8) is 0 Å². The predicted molar refractivity (Wildman–Crippen MR) is 76.9 cm³/mol. The van der Waals surface area contributed by atoms with E-state index >= 15 is 0 Å². The first-order valence-electron chi connectivity index (χ1n) is 6.06. The molecule has 0 atom stereocenters. The van der Waals surface area contributed by atoms with Crippen LogP contribution in [-0.2, 0) is 6.42 Å². The molecule has 1 aromatic carbocycles. The van der Waals surface area contributed by atoms with E-state index in [2.05, 4.69) is 10.3 Å². The van der Waals surface area contributed by atoms with Gasteiger partial charge in [-0.2, -0.15) is 0 Å². The maximum Gasteiger partial charge on any atom is 0.335 e. The molecule has 0 unspecified atom stereocenters. The molecule has 0 radical (unpaired) electrons. The van der Waals surface area contributed by atoms with Crippen molar-refractivity contribution in [3.05, 3.63) is 39.7 Å². The topological polar surface area (TPSA) is 62.2 Å². The third-order valence-corrected chi connectivity index (χ3v) is 3.87. The Balaban J connectivity index is 2.25. The van der Waals surface area contributed by atoms with Crippen molar-refractivity contribution < 1.29 is 9.90 Å². The van der Waals surface area contributed by atoms with E-state index in [-0.39, 0.29) is 0 Å². The van der Waals surface area contributed by atoms with Gasteiger partial charge in [-0.1, -0.05) is 12.1 Å². The van der Waals surface area contributed by atoms with Crippen LogP contribution < -0.4 is 5.32 Å². The quantitative estimate of drug-likeness (QED) is 0.881. The number of likely N-dealkylation sites (N-methyl/N-ethyl adjacent to an activating group) is 1. The molecule has 4 nitrogen and oxygen atoms in total. The van der Waals surface area contributed by atoms with Gasteiger partial charge in [0, 0.05) is 23.4 Å². The van der Waals surface area contributed by atoms with E-state index in [1.807, 2.05) is 26.1 Å². The highest BCUT2D eigenvalue weighted by atomic mass is 32.1. The summed E-state index contributed by atoms with van der Waals surface area (Å²) in [5.74, 6) is -0.906. The third-order valence-electron chi connectivity index (χ3n) is 2.84. The first-order valence-corrected chi connectivity index (χ1v) is 6.88. The fourth-order valence-corrected chi connectivity index (χ4v) is 2.78. The highest BCUT2D eigenvalue weighted by Gasteiger charge is 2.10. The van der Waals surface area contributed by atoms with Crippen LogP contribution in [0.2, 0.25) is 0 Å². The van der Waals surface area contributed by atoms with Crippen LogP contribution in [0.5, 0.6) is 0 Å². The number of carbonyl (C=O) groups is 1. The molecule has 100 valence electrons. The van der Waals surface area contributed by atoms with Gasteiger partial charge < -0.3 is 10.4 Å². The minimum absolute atomic E-state index is 0.298. The van der Waals surface area contributed by atoms with Crippen LogP contribution in [0, 0.1) is 6.92 Å². The molecule has 1 aromatic heterocycles. The first kappa shape index (κ1) is 13.7. The minimum Gasteiger partial charge on any atom is -0.478 e. The lowest BCUT2D eigenvalue weighted by molar-refractivity contribution is 0.0697. The molecule has 1 heterocycles. The maximum absolute atomic E-state index is 10.8. The summed E-state index contributed by atoms with van der Waals surface area (Å²) < 4.78 is 0. The Bertz CT molecular complexity index is 576. The Morgan fingerprint density at radius 1 is 1.37 bits per heavy atom. The van der Waals surface area contributed by atoms with Gasteiger partial charge in [0.15, 0.2) is 0 Å². The number of rotatable bonds is 5. The van der Waals surface area contributed by atoms with E-state index in [0.29, 0.717) is 5.56 Å². The van der Waals surface area contributed by atoms with E-state index in [9.17, 15) is 4.79 Å². The number of nitrogens with zero attached hydrogens (tertiary/aromatic N) is 1. The number of carboxylic acid groups (broad SMARTS) is 1. The lowest BCUT2D eigenvalue weighted by Crippen LogP contribution is -2.09. The zero-order valence-electron chi connectivity index (χ0n) is 10.9. The molecule has 0 saturated heterocycles. The Morgan fingerprint density at radius 3 is 2.63 bits per heavy atom. The van der Waals surface area contributed by atoms with Gasteiger partial charge in [0.1, 0.15) is 0 Å². The summed E-state index contributed by atoms with van der Waals surface area (Å²) in [4.78, 5) is 16.6. The number of nitrogens with one attached hydrogen (secondary N) is 1. The largest absolute Gasteiger partial charge is 0.478 e. The van der Waals surface area contributed by atoms with Gasteiger partial charge in [-0.3, -0.25) is 0 Å². The fourth-order valence-electron chi connectivity index (χ4n) is 1.83. The zero-order chi connectivity index (χ0) is 13.8. The lowest BCUT2D eigenvalue weighted by Gasteiger charge is -2.00. The van der Waals surface area contributed by atoms with Crippen molar-refractivity contribution in [2.75, 3.05) is 13.6 Å². The molecular weight excluding hydrogens is 260 g/mol. The van der Waals surface area contributed by atoms with E-state index in [1.54, 1.807) is 23.5 Å². The Kier molecular flexibility index (Phi) is 4.29. The molecule has 2 rings (SSSR count). The molecule has 0 spiro atoms. The van der Waals surface area contributed by atoms with Gasteiger partial charge in [0.2, 0.25) is 0 Å². The third kappa shape index (κ3) is 3.19. The number of hydrogen-bond donors (Lipinski definition) is 2. The molecule has 2 N–H and O–H groups in total. The highest BCUT2D eigenvalue weighted by molar-refractivity contribution is 7.12. The molecule has 0 aliphatic carbocycles. The van der Waals surface area contributed by atoms with E-state index < -0.39 is 5.97 Å². The number of thiazole rings is 1. The summed E-state index contributed by atoms with van der Waals surface area (Å²) in [5, 5.41) is 13.1. The first-order chi connectivity index (χ1) is 9.11. The molecule has 0 bridgehead atoms. The molecule has 0 saturated carbocycles. The monoisotopic (exact) mass is 276 g/mol. The van der Waals surface area contributed by atoms with E-state index in [4.69, 9.17) is 5.11 Å². The molecule has 0 amide bonds. The van der Waals surface area contributed by atoms with Gasteiger partial charge in [-0.15, -0.1) is 11.3 Å². The van der Waals surface area contributed by atoms with Crippen LogP contribution in [0.4, 0.5) is 0 Å². The molecule has 0 fully saturated rings. The second kappa shape index (κ2) is 5.95. The average molecular weight is 276 g/mol. The highest BCUT2D eigenvalue weighted by Crippen LogP contribution is 2.27. The normalized spacial score (nSPS) is 10.6. The minimum atomic E-state index is -0.906. The van der Waals surface area contributed by atoms with Crippen molar-refractivity contribution >= 4 is 17.3 Å². The molecule has 2 aromatic rings. The van der Waals surface area contributed by atoms with Crippen LogP contribution in [0.25, 0.3) is 11.3 Å². The Morgan fingerprint density at radius 2 is 2.05 bits per heavy atom. The van der Waals surface area contributed by atoms with E-state index in [1.165, 1.54) is 0 Å². The molecule has 0 aliphatic heterocycles. The van der Waals surface area contributed by atoms with Crippen LogP contribution in [0.15, 0.2) is 24.3 Å². The van der Waals surface area contributed by atoms with E-state index in [0.717, 1.165) is 34.1 Å². The second-order valence-corrected chi connectivity index (χ2v) is 5.54. The van der Waals surface area contributed by atoms with Gasteiger partial charge >= 0.3 is 5.97 Å². The number of benzene rings is 1. The van der Waals surface area contributed by atoms with Crippen LogP contribution in [0.1, 0.15) is 20.2 Å². The molecule has 19 heavy (non-hydrogen) atoms. The number of carboxylic acids is 1. The summed E-state index contributed by atoms with van der Waals surface area (Å²) in [7, 11) is 1.92. The number of hydrogen-bond acceptors (Lipinski definition) is 4. The maximum atomic E-state index is 10.8. The summed E-state index contributed by atoms with van der Waals surface area (Å²) in [5.41, 5.74) is 2.22. The number of aromatic nitrogens is 1. The summed E-state index contributed by atoms with van der Waals surface area (Å²) in [6.45, 7) is 2.95. The van der Waals surface area contributed by atoms with Crippen molar-refractivity contribution in [2.24, 2.45) is 0 Å². The molecular formula is C14H16N2O2S. The van der Waals surface area contributed by atoms with Crippen LogP contribution >= 0.6 is 11.3 Å².